The molecule has 0 aromatic carbocycles. The Kier molecular flexibility index (Phi) is 3.58. The van der Waals surface area contributed by atoms with Crippen molar-refractivity contribution in [1.82, 2.24) is 4.90 Å². The topological polar surface area (TPSA) is 55.6 Å². The Morgan fingerprint density at radius 3 is 2.72 bits per heavy atom. The highest BCUT2D eigenvalue weighted by Crippen LogP contribution is 2.45. The van der Waals surface area contributed by atoms with Crippen LogP contribution < -0.4 is 5.73 Å². The van der Waals surface area contributed by atoms with E-state index in [1.165, 1.54) is 0 Å². The average Bonchev–Trinajstić information content (AvgIpc) is 2.84. The molecule has 2 fully saturated rings. The van der Waals surface area contributed by atoms with Gasteiger partial charge in [-0.15, -0.1) is 0 Å². The summed E-state index contributed by atoms with van der Waals surface area (Å²) in [5.74, 6) is 0.577. The first kappa shape index (κ1) is 13.7. The second-order valence-corrected chi connectivity index (χ2v) is 6.80. The molecule has 0 bridgehead atoms. The molecule has 4 nitrogen and oxygen atoms in total. The Morgan fingerprint density at radius 2 is 2.17 bits per heavy atom. The van der Waals surface area contributed by atoms with Crippen LogP contribution in [-0.4, -0.2) is 35.2 Å². The average molecular weight is 254 g/mol. The van der Waals surface area contributed by atoms with Crippen LogP contribution in [0.4, 0.5) is 4.79 Å². The predicted molar refractivity (Wildman–Crippen MR) is 71.3 cm³/mol. The van der Waals surface area contributed by atoms with E-state index in [4.69, 9.17) is 10.5 Å². The largest absolute Gasteiger partial charge is 0.444 e. The summed E-state index contributed by atoms with van der Waals surface area (Å²) in [6, 6.07) is 0. The number of ether oxygens (including phenoxy) is 1. The van der Waals surface area contributed by atoms with Crippen molar-refractivity contribution in [2.24, 2.45) is 11.7 Å². The molecule has 2 aliphatic rings. The van der Waals surface area contributed by atoms with Crippen molar-refractivity contribution in [3.8, 4) is 0 Å². The van der Waals surface area contributed by atoms with Crippen molar-refractivity contribution in [2.45, 2.75) is 64.0 Å². The Hall–Kier alpha value is -0.770. The van der Waals surface area contributed by atoms with Crippen LogP contribution in [-0.2, 0) is 4.74 Å². The van der Waals surface area contributed by atoms with Crippen molar-refractivity contribution < 1.29 is 9.53 Å². The van der Waals surface area contributed by atoms with E-state index in [1.807, 2.05) is 25.7 Å². The maximum absolute atomic E-state index is 12.3. The Labute approximate surface area is 110 Å². The first-order valence-corrected chi connectivity index (χ1v) is 7.07. The van der Waals surface area contributed by atoms with Gasteiger partial charge in [-0.2, -0.15) is 0 Å². The summed E-state index contributed by atoms with van der Waals surface area (Å²) < 4.78 is 5.53. The molecule has 4 heteroatoms. The van der Waals surface area contributed by atoms with Gasteiger partial charge in [-0.05, 0) is 65.3 Å². The van der Waals surface area contributed by atoms with Gasteiger partial charge in [0.2, 0.25) is 0 Å². The van der Waals surface area contributed by atoms with Gasteiger partial charge >= 0.3 is 6.09 Å². The number of carbonyl (C=O) groups is 1. The van der Waals surface area contributed by atoms with Gasteiger partial charge in [0.15, 0.2) is 0 Å². The van der Waals surface area contributed by atoms with E-state index in [0.717, 1.165) is 45.2 Å². The fourth-order valence-corrected chi connectivity index (χ4v) is 3.43. The molecule has 2 atom stereocenters. The first-order chi connectivity index (χ1) is 8.36. The number of nitrogens with zero attached hydrogens (tertiary/aromatic N) is 1. The van der Waals surface area contributed by atoms with Crippen LogP contribution >= 0.6 is 0 Å². The molecule has 1 saturated carbocycles. The summed E-state index contributed by atoms with van der Waals surface area (Å²) in [7, 11) is 0. The van der Waals surface area contributed by atoms with Gasteiger partial charge in [0.25, 0.3) is 0 Å². The fourth-order valence-electron chi connectivity index (χ4n) is 3.43. The number of amides is 1. The number of hydrogen-bond acceptors (Lipinski definition) is 3. The second kappa shape index (κ2) is 4.72. The van der Waals surface area contributed by atoms with Gasteiger partial charge in [0.05, 0.1) is 0 Å². The number of likely N-dealkylation sites (tertiary alicyclic amines) is 1. The summed E-state index contributed by atoms with van der Waals surface area (Å²) in [6.45, 7) is 7.34. The molecular formula is C14H26N2O2. The Morgan fingerprint density at radius 1 is 1.44 bits per heavy atom. The molecule has 0 aromatic heterocycles. The second-order valence-electron chi connectivity index (χ2n) is 6.80. The van der Waals surface area contributed by atoms with Gasteiger partial charge in [-0.1, -0.05) is 0 Å². The third kappa shape index (κ3) is 2.63. The van der Waals surface area contributed by atoms with Crippen LogP contribution in [0.2, 0.25) is 0 Å². The van der Waals surface area contributed by atoms with Crippen molar-refractivity contribution in [3.63, 3.8) is 0 Å². The van der Waals surface area contributed by atoms with Crippen LogP contribution in [0, 0.1) is 5.92 Å². The quantitative estimate of drug-likeness (QED) is 0.782. The predicted octanol–water partition coefficient (Wildman–Crippen LogP) is 2.51. The van der Waals surface area contributed by atoms with Crippen LogP contribution in [0.25, 0.3) is 0 Å². The molecule has 104 valence electrons. The van der Waals surface area contributed by atoms with E-state index in [9.17, 15) is 4.79 Å². The highest BCUT2D eigenvalue weighted by atomic mass is 16.6. The third-order valence-corrected chi connectivity index (χ3v) is 4.23. The number of rotatable bonds is 1. The lowest BCUT2D eigenvalue weighted by atomic mass is 9.93. The van der Waals surface area contributed by atoms with E-state index in [-0.39, 0.29) is 11.6 Å². The van der Waals surface area contributed by atoms with E-state index >= 15 is 0 Å². The fraction of sp³-hybridized carbons (Fsp3) is 0.929. The van der Waals surface area contributed by atoms with E-state index in [2.05, 4.69) is 0 Å². The first-order valence-electron chi connectivity index (χ1n) is 7.07. The van der Waals surface area contributed by atoms with E-state index in [1.54, 1.807) is 0 Å². The maximum atomic E-state index is 12.3. The lowest BCUT2D eigenvalue weighted by Crippen LogP contribution is -2.47. The van der Waals surface area contributed by atoms with Gasteiger partial charge in [0, 0.05) is 12.1 Å². The van der Waals surface area contributed by atoms with Gasteiger partial charge in [-0.25, -0.2) is 4.79 Å². The normalized spacial score (nSPS) is 32.2. The summed E-state index contributed by atoms with van der Waals surface area (Å²) in [5, 5.41) is 0. The summed E-state index contributed by atoms with van der Waals surface area (Å²) in [5.41, 5.74) is 5.41. The van der Waals surface area contributed by atoms with Crippen molar-refractivity contribution in [1.29, 1.82) is 0 Å². The minimum Gasteiger partial charge on any atom is -0.444 e. The highest BCUT2D eigenvalue weighted by Gasteiger charge is 2.49. The molecule has 1 aliphatic carbocycles. The van der Waals surface area contributed by atoms with Gasteiger partial charge in [-0.3, -0.25) is 0 Å². The molecular weight excluding hydrogens is 228 g/mol. The Balaban J connectivity index is 2.06. The van der Waals surface area contributed by atoms with Gasteiger partial charge < -0.3 is 15.4 Å². The van der Waals surface area contributed by atoms with Crippen LogP contribution in [0.15, 0.2) is 0 Å². The summed E-state index contributed by atoms with van der Waals surface area (Å²) >= 11 is 0. The summed E-state index contributed by atoms with van der Waals surface area (Å²) in [6.07, 6.45) is 5.36. The molecule has 1 amide bonds. The van der Waals surface area contributed by atoms with E-state index < -0.39 is 5.60 Å². The summed E-state index contributed by atoms with van der Waals surface area (Å²) in [4.78, 5) is 14.3. The van der Waals surface area contributed by atoms with Crippen molar-refractivity contribution in [3.05, 3.63) is 0 Å². The van der Waals surface area contributed by atoms with E-state index in [0.29, 0.717) is 5.92 Å². The molecule has 18 heavy (non-hydrogen) atoms. The highest BCUT2D eigenvalue weighted by molar-refractivity contribution is 5.69. The van der Waals surface area contributed by atoms with Crippen LogP contribution in [0.1, 0.15) is 52.9 Å². The zero-order valence-corrected chi connectivity index (χ0v) is 11.9. The van der Waals surface area contributed by atoms with Crippen molar-refractivity contribution >= 4 is 6.09 Å². The van der Waals surface area contributed by atoms with Crippen LogP contribution in [0.5, 0.6) is 0 Å². The molecule has 1 heterocycles. The molecule has 1 spiro atoms. The molecule has 2 unspecified atom stereocenters. The number of nitrogens with two attached hydrogens (primary N) is 1. The van der Waals surface area contributed by atoms with Crippen LogP contribution in [0.3, 0.4) is 0 Å². The zero-order chi connectivity index (χ0) is 13.4. The van der Waals surface area contributed by atoms with Crippen molar-refractivity contribution in [2.75, 3.05) is 13.1 Å². The lowest BCUT2D eigenvalue weighted by molar-refractivity contribution is 0.00822. The molecule has 2 N–H and O–H groups in total. The SMILES string of the molecule is CC(C)(C)OC(=O)N1CCCC12CCC(CN)C2. The molecule has 2 rings (SSSR count). The zero-order valence-electron chi connectivity index (χ0n) is 11.9. The number of hydrogen-bond donors (Lipinski definition) is 1. The minimum atomic E-state index is -0.410. The maximum Gasteiger partial charge on any atom is 0.410 e. The molecule has 1 saturated heterocycles. The molecule has 0 radical (unpaired) electrons. The monoisotopic (exact) mass is 254 g/mol. The number of carbonyl (C=O) groups excluding carboxylic acids is 1. The Bertz CT molecular complexity index is 324. The smallest absolute Gasteiger partial charge is 0.410 e. The van der Waals surface area contributed by atoms with Gasteiger partial charge in [0.1, 0.15) is 5.60 Å². The lowest BCUT2D eigenvalue weighted by Gasteiger charge is -2.36. The third-order valence-electron chi connectivity index (χ3n) is 4.23. The standard InChI is InChI=1S/C14H26N2O2/c1-13(2,3)18-12(17)16-8-4-6-14(16)7-5-11(9-14)10-15/h11H,4-10,15H2,1-3H3. The minimum absolute atomic E-state index is 0.0480. The molecule has 0 aromatic rings. The molecule has 1 aliphatic heterocycles.